The van der Waals surface area contributed by atoms with Gasteiger partial charge in [0.25, 0.3) is 0 Å². The van der Waals surface area contributed by atoms with Gasteiger partial charge >= 0.3 is 0 Å². The zero-order chi connectivity index (χ0) is 32.0. The van der Waals surface area contributed by atoms with Crippen molar-refractivity contribution in [2.75, 3.05) is 41.7 Å². The number of allylic oxidation sites excluding steroid dienone is 1. The van der Waals surface area contributed by atoms with E-state index in [9.17, 15) is 4.79 Å². The monoisotopic (exact) mass is 668 g/mol. The normalized spacial score (nSPS) is 14.2. The van der Waals surface area contributed by atoms with E-state index in [0.29, 0.717) is 47.5 Å². The van der Waals surface area contributed by atoms with Gasteiger partial charge in [0.05, 0.1) is 46.2 Å². The molecule has 1 heterocycles. The third kappa shape index (κ3) is 10.1. The molecule has 0 saturated carbocycles. The minimum absolute atomic E-state index is 0.197. The summed E-state index contributed by atoms with van der Waals surface area (Å²) < 4.78 is 33.8. The Hall–Kier alpha value is -3.34. The van der Waals surface area contributed by atoms with Gasteiger partial charge in [0, 0.05) is 10.5 Å². The molecule has 0 amide bonds. The van der Waals surface area contributed by atoms with Crippen molar-refractivity contribution in [3.63, 3.8) is 0 Å². The van der Waals surface area contributed by atoms with Crippen LogP contribution in [0.15, 0.2) is 66.7 Å². The highest BCUT2D eigenvalue weighted by Gasteiger charge is 2.17. The summed E-state index contributed by atoms with van der Waals surface area (Å²) >= 11 is 4.49. The number of hydrogen-bond acceptors (Lipinski definition) is 10. The van der Waals surface area contributed by atoms with Crippen molar-refractivity contribution in [3.05, 3.63) is 83.4 Å². The Kier molecular flexibility index (Phi) is 13.8. The van der Waals surface area contributed by atoms with E-state index in [0.717, 1.165) is 43.4 Å². The number of carbonyl (C=O) groups is 1. The van der Waals surface area contributed by atoms with Gasteiger partial charge in [-0.2, -0.15) is 12.6 Å². The average molecular weight is 669 g/mol. The van der Waals surface area contributed by atoms with E-state index in [1.54, 1.807) is 46.9 Å². The number of carbonyl (C=O) groups excluding carboxylic acids is 1. The van der Waals surface area contributed by atoms with Crippen LogP contribution in [-0.2, 0) is 0 Å². The van der Waals surface area contributed by atoms with E-state index in [4.69, 9.17) is 28.4 Å². The third-order valence-corrected chi connectivity index (χ3v) is 10.4. The van der Waals surface area contributed by atoms with Crippen molar-refractivity contribution < 1.29 is 33.2 Å². The van der Waals surface area contributed by atoms with Crippen LogP contribution in [0.5, 0.6) is 34.5 Å². The molecule has 1 aliphatic heterocycles. The van der Waals surface area contributed by atoms with E-state index in [1.165, 1.54) is 37.9 Å². The van der Waals surface area contributed by atoms with Crippen molar-refractivity contribution >= 4 is 51.0 Å². The summed E-state index contributed by atoms with van der Waals surface area (Å²) in [4.78, 5) is 14.1. The molecule has 0 saturated heterocycles. The van der Waals surface area contributed by atoms with Crippen molar-refractivity contribution in [1.82, 2.24) is 0 Å². The van der Waals surface area contributed by atoms with Gasteiger partial charge < -0.3 is 28.4 Å². The van der Waals surface area contributed by atoms with E-state index in [-0.39, 0.29) is 10.4 Å². The van der Waals surface area contributed by atoms with E-state index < -0.39 is 0 Å². The number of ketones is 1. The number of benzene rings is 3. The Labute approximate surface area is 279 Å². The number of thiol groups is 1. The van der Waals surface area contributed by atoms with Crippen LogP contribution in [-0.4, -0.2) is 52.0 Å². The van der Waals surface area contributed by atoms with Gasteiger partial charge in [-0.1, -0.05) is 65.1 Å². The van der Waals surface area contributed by atoms with Crippen molar-refractivity contribution in [3.8, 4) is 34.5 Å². The summed E-state index contributed by atoms with van der Waals surface area (Å²) in [7, 11) is 9.69. The number of rotatable bonds is 18. The number of unbranched alkanes of at least 4 members (excludes halogenated alkanes) is 4. The molecule has 1 aliphatic rings. The molecule has 240 valence electrons. The lowest BCUT2D eigenvalue weighted by Gasteiger charge is -2.13. The van der Waals surface area contributed by atoms with Crippen LogP contribution in [0, 0.1) is 0 Å². The highest BCUT2D eigenvalue weighted by atomic mass is 33.1. The van der Waals surface area contributed by atoms with Crippen LogP contribution in [0.4, 0.5) is 0 Å². The minimum Gasteiger partial charge on any atom is -0.494 e. The van der Waals surface area contributed by atoms with E-state index >= 15 is 0 Å². The van der Waals surface area contributed by atoms with Crippen LogP contribution in [0.3, 0.4) is 0 Å². The zero-order valence-electron chi connectivity index (χ0n) is 26.1. The maximum absolute atomic E-state index is 12.9. The molecule has 0 aliphatic carbocycles. The number of ether oxygens (including phenoxy) is 6. The fourth-order valence-corrected chi connectivity index (χ4v) is 7.42. The highest BCUT2D eigenvalue weighted by molar-refractivity contribution is 8.82. The number of methoxy groups -OCH3 is 4. The molecular formula is C35H40O7S3. The van der Waals surface area contributed by atoms with Gasteiger partial charge in [-0.3, -0.25) is 4.79 Å². The predicted octanol–water partition coefficient (Wildman–Crippen LogP) is 9.02. The van der Waals surface area contributed by atoms with Crippen molar-refractivity contribution in [2.45, 2.75) is 36.7 Å². The lowest BCUT2D eigenvalue weighted by atomic mass is 10.1. The van der Waals surface area contributed by atoms with Crippen LogP contribution in [0.2, 0.25) is 0 Å². The smallest absolute Gasteiger partial charge is 0.203 e. The first-order valence-electron chi connectivity index (χ1n) is 14.8. The minimum atomic E-state index is -0.197. The first kappa shape index (κ1) is 34.5. The van der Waals surface area contributed by atoms with Crippen molar-refractivity contribution in [2.24, 2.45) is 0 Å². The summed E-state index contributed by atoms with van der Waals surface area (Å²) in [6.07, 6.45) is 10.7. The van der Waals surface area contributed by atoms with Crippen molar-refractivity contribution in [1.29, 1.82) is 0 Å². The first-order valence-corrected chi connectivity index (χ1v) is 17.5. The van der Waals surface area contributed by atoms with Gasteiger partial charge in [0.2, 0.25) is 5.75 Å². The van der Waals surface area contributed by atoms with Crippen LogP contribution >= 0.6 is 34.2 Å². The highest BCUT2D eigenvalue weighted by Crippen LogP contribution is 2.48. The third-order valence-electron chi connectivity index (χ3n) is 7.05. The molecule has 0 fully saturated rings. The standard InChI is InChI=1S/C35H40O7S3/c1-37-30-20-24(10-16-28(36)26-21-31(38-2)35(40-4)32(22-26)39-3)11-17-29(30)42-19-9-7-5-6-8-18-41-27-14-12-25(13-15-27)33-23-34(43)45-44-33/h10-17,20-23,34,43H,5-9,18-19H2,1-4H3/b16-10+. The maximum Gasteiger partial charge on any atom is 0.203 e. The molecule has 1 unspecified atom stereocenters. The lowest BCUT2D eigenvalue weighted by Crippen LogP contribution is -2.01. The van der Waals surface area contributed by atoms with Gasteiger partial charge in [0.1, 0.15) is 5.75 Å². The molecule has 45 heavy (non-hydrogen) atoms. The molecule has 0 aromatic heterocycles. The summed E-state index contributed by atoms with van der Waals surface area (Å²) in [5.41, 5.74) is 2.45. The molecule has 0 spiro atoms. The van der Waals surface area contributed by atoms with Gasteiger partial charge in [-0.05, 0) is 72.5 Å². The van der Waals surface area contributed by atoms with Gasteiger partial charge in [0.15, 0.2) is 28.8 Å². The molecular weight excluding hydrogens is 629 g/mol. The zero-order valence-corrected chi connectivity index (χ0v) is 28.6. The average Bonchev–Trinajstić information content (AvgIpc) is 3.52. The largest absolute Gasteiger partial charge is 0.494 e. The van der Waals surface area contributed by atoms with E-state index in [1.807, 2.05) is 30.3 Å². The molecule has 0 radical (unpaired) electrons. The van der Waals surface area contributed by atoms with Crippen LogP contribution < -0.4 is 28.4 Å². The fraction of sp³-hybridized carbons (Fsp3) is 0.343. The summed E-state index contributed by atoms with van der Waals surface area (Å²) in [6, 6.07) is 17.2. The molecule has 3 aromatic rings. The number of hydrogen-bond donors (Lipinski definition) is 1. The second-order valence-corrected chi connectivity index (χ2v) is 13.4. The Balaban J connectivity index is 1.15. The van der Waals surface area contributed by atoms with Gasteiger partial charge in [-0.25, -0.2) is 0 Å². The quantitative estimate of drug-likeness (QED) is 0.0470. The van der Waals surface area contributed by atoms with Gasteiger partial charge in [-0.15, -0.1) is 0 Å². The molecule has 0 bridgehead atoms. The predicted molar refractivity (Wildman–Crippen MR) is 189 cm³/mol. The second kappa shape index (κ2) is 18.0. The molecule has 4 rings (SSSR count). The molecule has 7 nitrogen and oxygen atoms in total. The molecule has 10 heteroatoms. The summed E-state index contributed by atoms with van der Waals surface area (Å²) in [5.74, 6) is 3.29. The van der Waals surface area contributed by atoms with Crippen LogP contribution in [0.25, 0.3) is 11.0 Å². The fourth-order valence-electron chi connectivity index (χ4n) is 4.65. The second-order valence-electron chi connectivity index (χ2n) is 10.1. The Bertz CT molecular complexity index is 1450. The Morgan fingerprint density at radius 1 is 0.756 bits per heavy atom. The first-order chi connectivity index (χ1) is 21.9. The topological polar surface area (TPSA) is 72.5 Å². The SMILES string of the molecule is COc1cc(/C=C/C(=O)c2cc(OC)c(OC)c(OC)c2)ccc1OCCCCCCCOc1ccc(C2=CC(S)SS2)cc1. The Morgan fingerprint density at radius 3 is 2.00 bits per heavy atom. The molecule has 3 aromatic carbocycles. The van der Waals surface area contributed by atoms with E-state index in [2.05, 4.69) is 30.8 Å². The lowest BCUT2D eigenvalue weighted by molar-refractivity contribution is 0.104. The summed E-state index contributed by atoms with van der Waals surface area (Å²) in [6.45, 7) is 1.32. The summed E-state index contributed by atoms with van der Waals surface area (Å²) in [5, 5.41) is 0. The Morgan fingerprint density at radius 2 is 1.40 bits per heavy atom. The maximum atomic E-state index is 12.9. The van der Waals surface area contributed by atoms with Crippen LogP contribution in [0.1, 0.15) is 53.6 Å². The molecule has 0 N–H and O–H groups in total. The molecule has 1 atom stereocenters.